The summed E-state index contributed by atoms with van der Waals surface area (Å²) >= 11 is 0. The Morgan fingerprint density at radius 1 is 0.263 bits per heavy atom. The number of carbonyl (C=O) groups is 2. The van der Waals surface area contributed by atoms with Gasteiger partial charge in [-0.15, -0.1) is 0 Å². The average Bonchev–Trinajstić information content (AvgIpc) is 0.865. The fourth-order valence-corrected chi connectivity index (χ4v) is 12.7. The molecule has 0 atom stereocenters. The van der Waals surface area contributed by atoms with E-state index in [9.17, 15) is 9.59 Å². The van der Waals surface area contributed by atoms with Crippen LogP contribution in [0.15, 0.2) is 109 Å². The Balaban J connectivity index is 1.03. The molecule has 0 spiro atoms. The molecule has 5 rings (SSSR count). The first-order valence-electron chi connectivity index (χ1n) is 40.7. The van der Waals surface area contributed by atoms with Crippen molar-refractivity contribution in [1.82, 2.24) is 0 Å². The first-order chi connectivity index (χ1) is 48.9. The van der Waals surface area contributed by atoms with Gasteiger partial charge in [-0.05, 0) is 134 Å². The summed E-state index contributed by atoms with van der Waals surface area (Å²) in [7, 11) is 0. The molecule has 0 N–H and O–H groups in total. The Morgan fingerprint density at radius 3 is 0.899 bits per heavy atom. The van der Waals surface area contributed by atoms with Crippen LogP contribution >= 0.6 is 0 Å². The second-order valence-corrected chi connectivity index (χ2v) is 28.0. The Labute approximate surface area is 603 Å². The van der Waals surface area contributed by atoms with Crippen molar-refractivity contribution < 1.29 is 42.7 Å². The minimum absolute atomic E-state index is 0.264. The Morgan fingerprint density at radius 2 is 0.535 bits per heavy atom. The van der Waals surface area contributed by atoms with Crippen molar-refractivity contribution >= 4 is 24.1 Å². The van der Waals surface area contributed by atoms with Gasteiger partial charge in [-0.1, -0.05) is 333 Å². The lowest BCUT2D eigenvalue weighted by Crippen LogP contribution is -2.08. The van der Waals surface area contributed by atoms with Gasteiger partial charge in [-0.2, -0.15) is 0 Å². The molecule has 0 fully saturated rings. The molecule has 0 amide bonds. The monoisotopic (exact) mass is 1360 g/mol. The molecule has 0 radical (unpaired) electrons. The third-order valence-electron chi connectivity index (χ3n) is 19.1. The summed E-state index contributed by atoms with van der Waals surface area (Å²) in [5, 5.41) is 0. The summed E-state index contributed by atoms with van der Waals surface area (Å²) in [6, 6.07) is 35.0. The van der Waals surface area contributed by atoms with Crippen molar-refractivity contribution in [3.05, 3.63) is 131 Å². The van der Waals surface area contributed by atoms with E-state index in [4.69, 9.17) is 33.2 Å². The van der Waals surface area contributed by atoms with Crippen LogP contribution in [-0.2, 0) is 4.74 Å². The minimum Gasteiger partial charge on any atom is -0.494 e. The maximum atomic E-state index is 13.4. The quantitative estimate of drug-likeness (QED) is 0.0163. The maximum absolute atomic E-state index is 13.4. The smallest absolute Gasteiger partial charge is 0.343 e. The van der Waals surface area contributed by atoms with Gasteiger partial charge in [0.05, 0.1) is 50.8 Å². The third kappa shape index (κ3) is 40.1. The van der Waals surface area contributed by atoms with Crippen LogP contribution in [0.3, 0.4) is 0 Å². The van der Waals surface area contributed by atoms with Crippen molar-refractivity contribution in [2.24, 2.45) is 0 Å². The number of ether oxygens (including phenoxy) is 7. The molecular weight excluding hydrogens is 1220 g/mol. The molecule has 0 saturated carbocycles. The first-order valence-corrected chi connectivity index (χ1v) is 40.7. The van der Waals surface area contributed by atoms with Gasteiger partial charge in [0.25, 0.3) is 0 Å². The predicted molar refractivity (Wildman–Crippen MR) is 418 cm³/mol. The number of hydrogen-bond donors (Lipinski definition) is 0. The Hall–Kier alpha value is -6.22. The SMILES string of the molecule is CCCCCCCCCCCCOc1cc(/C=C/c2ccc(C(=O)Oc3ccc(-c4ccc(OCCCCCCCCCCOC(=O)c5ccc(OCCCCCCCCCC)cc5)cc4)cc3)cc2)cc(OCCCCCCCCCCCC)c1OCCCCCCCCCCCC. The molecular formula is C90H136O9. The van der Waals surface area contributed by atoms with Crippen LogP contribution in [-0.4, -0.2) is 51.6 Å². The number of benzene rings is 5. The second-order valence-electron chi connectivity index (χ2n) is 28.0. The normalized spacial score (nSPS) is 11.4. The zero-order valence-electron chi connectivity index (χ0n) is 63.0. The Bertz CT molecular complexity index is 2720. The second kappa shape index (κ2) is 57.4. The standard InChI is InChI=1S/C90H136O9/c1-5-9-13-17-21-25-28-35-41-47-71-95-86-75-78(76-87(96-72-48-42-36-29-26-22-18-14-10-6-2)88(86)97-73-49-43-37-30-27-23-19-15-11-7-3)52-51-77-53-55-82(56-54-77)90(92)99-85-67-59-80(60-68-85)79-57-63-83(64-58-79)93-69-46-40-34-31-32-38-44-50-74-98-89(91)81-61-65-84(66-62-81)94-70-45-39-33-24-20-16-12-8-4/h51-68,75-76H,5-50,69-74H2,1-4H3/b52-51+. The van der Waals surface area contributed by atoms with Crippen molar-refractivity contribution in [3.63, 3.8) is 0 Å². The van der Waals surface area contributed by atoms with Gasteiger partial charge >= 0.3 is 11.9 Å². The molecule has 0 heterocycles. The van der Waals surface area contributed by atoms with E-state index in [2.05, 4.69) is 64.1 Å². The van der Waals surface area contributed by atoms with Crippen LogP contribution in [0.4, 0.5) is 0 Å². The van der Waals surface area contributed by atoms with Crippen LogP contribution in [0.2, 0.25) is 0 Å². The maximum Gasteiger partial charge on any atom is 0.343 e. The molecule has 9 heteroatoms. The third-order valence-corrected chi connectivity index (χ3v) is 19.1. The summed E-state index contributed by atoms with van der Waals surface area (Å²) in [5.74, 6) is 3.74. The molecule has 550 valence electrons. The van der Waals surface area contributed by atoms with E-state index in [1.807, 2.05) is 72.8 Å². The van der Waals surface area contributed by atoms with Gasteiger partial charge in [0.2, 0.25) is 5.75 Å². The summed E-state index contributed by atoms with van der Waals surface area (Å²) in [4.78, 5) is 26.0. The lowest BCUT2D eigenvalue weighted by molar-refractivity contribution is 0.0497. The minimum atomic E-state index is -0.401. The molecule has 0 saturated heterocycles. The van der Waals surface area contributed by atoms with E-state index in [0.717, 1.165) is 122 Å². The fourth-order valence-electron chi connectivity index (χ4n) is 12.7. The van der Waals surface area contributed by atoms with E-state index in [0.29, 0.717) is 56.5 Å². The number of carbonyl (C=O) groups excluding carboxylic acids is 2. The van der Waals surface area contributed by atoms with Crippen LogP contribution in [0.1, 0.15) is 355 Å². The molecule has 0 aliphatic carbocycles. The molecule has 5 aromatic rings. The molecule has 0 bridgehead atoms. The van der Waals surface area contributed by atoms with E-state index in [1.54, 1.807) is 12.1 Å². The average molecular weight is 1360 g/mol. The number of hydrogen-bond acceptors (Lipinski definition) is 9. The van der Waals surface area contributed by atoms with Crippen LogP contribution < -0.4 is 28.4 Å². The van der Waals surface area contributed by atoms with Crippen LogP contribution in [0.5, 0.6) is 34.5 Å². The molecule has 0 unspecified atom stereocenters. The van der Waals surface area contributed by atoms with Gasteiger partial charge in [-0.25, -0.2) is 9.59 Å². The highest BCUT2D eigenvalue weighted by Crippen LogP contribution is 2.40. The van der Waals surface area contributed by atoms with E-state index < -0.39 is 5.97 Å². The Kier molecular flexibility index (Phi) is 48.4. The molecule has 99 heavy (non-hydrogen) atoms. The summed E-state index contributed by atoms with van der Waals surface area (Å²) in [6.45, 7) is 12.9. The van der Waals surface area contributed by atoms with Crippen molar-refractivity contribution in [2.75, 3.05) is 39.6 Å². The number of unbranched alkanes of at least 4 members (excludes halogenated alkanes) is 41. The molecule has 9 nitrogen and oxygen atoms in total. The van der Waals surface area contributed by atoms with Crippen molar-refractivity contribution in [3.8, 4) is 45.6 Å². The van der Waals surface area contributed by atoms with Gasteiger partial charge < -0.3 is 33.2 Å². The van der Waals surface area contributed by atoms with Crippen molar-refractivity contribution in [2.45, 2.75) is 323 Å². The van der Waals surface area contributed by atoms with Gasteiger partial charge in [0.15, 0.2) is 11.5 Å². The highest BCUT2D eigenvalue weighted by Gasteiger charge is 2.17. The summed E-state index contributed by atoms with van der Waals surface area (Å²) < 4.78 is 43.4. The fraction of sp³-hybridized carbons (Fsp3) is 0.622. The molecule has 0 aliphatic heterocycles. The zero-order valence-corrected chi connectivity index (χ0v) is 63.0. The topological polar surface area (TPSA) is 98.8 Å². The van der Waals surface area contributed by atoms with E-state index in [1.165, 1.54) is 225 Å². The largest absolute Gasteiger partial charge is 0.494 e. The lowest BCUT2D eigenvalue weighted by Gasteiger charge is -2.18. The van der Waals surface area contributed by atoms with Gasteiger partial charge in [0, 0.05) is 0 Å². The summed E-state index contributed by atoms with van der Waals surface area (Å²) in [6.07, 6.45) is 61.6. The highest BCUT2D eigenvalue weighted by atomic mass is 16.5. The number of esters is 2. The van der Waals surface area contributed by atoms with E-state index in [-0.39, 0.29) is 5.97 Å². The van der Waals surface area contributed by atoms with Crippen LogP contribution in [0, 0.1) is 0 Å². The molecule has 0 aromatic heterocycles. The van der Waals surface area contributed by atoms with Gasteiger partial charge in [0.1, 0.15) is 17.2 Å². The van der Waals surface area contributed by atoms with Crippen molar-refractivity contribution in [1.29, 1.82) is 0 Å². The predicted octanol–water partition coefficient (Wildman–Crippen LogP) is 27.5. The first kappa shape index (κ1) is 83.4. The van der Waals surface area contributed by atoms with E-state index >= 15 is 0 Å². The summed E-state index contributed by atoms with van der Waals surface area (Å²) in [5.41, 5.74) is 5.10. The number of rotatable bonds is 64. The zero-order chi connectivity index (χ0) is 69.9. The molecule has 5 aromatic carbocycles. The lowest BCUT2D eigenvalue weighted by atomic mass is 10.1. The molecule has 0 aliphatic rings. The highest BCUT2D eigenvalue weighted by molar-refractivity contribution is 5.91. The van der Waals surface area contributed by atoms with Crippen LogP contribution in [0.25, 0.3) is 23.3 Å². The van der Waals surface area contributed by atoms with Gasteiger partial charge in [-0.3, -0.25) is 0 Å².